The first kappa shape index (κ1) is 14.6. The molecule has 2 nitrogen and oxygen atoms in total. The van der Waals surface area contributed by atoms with Crippen LogP contribution in [0.2, 0.25) is 10.0 Å². The van der Waals surface area contributed by atoms with Crippen LogP contribution in [0.15, 0.2) is 18.2 Å². The molecule has 1 atom stereocenters. The van der Waals surface area contributed by atoms with E-state index in [4.69, 9.17) is 23.2 Å². The van der Waals surface area contributed by atoms with Crippen molar-refractivity contribution in [1.29, 1.82) is 0 Å². The van der Waals surface area contributed by atoms with Crippen molar-refractivity contribution in [2.75, 3.05) is 13.1 Å². The first-order valence-corrected chi connectivity index (χ1v) is 8.40. The Balaban J connectivity index is 1.66. The standard InChI is InChI=1S/C16H22Cl2N2/c17-15-5-3-6-16(18)14(15)11-20-9-2-1-4-13(20)10-19-12-7-8-12/h3,5-6,12-13,19H,1-2,4,7-11H2. The number of nitrogens with one attached hydrogen (secondary N) is 1. The maximum atomic E-state index is 6.31. The van der Waals surface area contributed by atoms with Crippen LogP contribution in [0.1, 0.15) is 37.7 Å². The van der Waals surface area contributed by atoms with Crippen molar-refractivity contribution in [1.82, 2.24) is 10.2 Å². The molecule has 1 unspecified atom stereocenters. The molecule has 1 aliphatic heterocycles. The Labute approximate surface area is 131 Å². The minimum absolute atomic E-state index is 0.622. The number of rotatable bonds is 5. The third kappa shape index (κ3) is 3.67. The summed E-state index contributed by atoms with van der Waals surface area (Å²) in [5, 5.41) is 5.24. The van der Waals surface area contributed by atoms with Crippen LogP contribution in [-0.2, 0) is 6.54 Å². The molecule has 20 heavy (non-hydrogen) atoms. The quantitative estimate of drug-likeness (QED) is 0.880. The first-order chi connectivity index (χ1) is 9.74. The summed E-state index contributed by atoms with van der Waals surface area (Å²) >= 11 is 12.6. The maximum absolute atomic E-state index is 6.31. The molecule has 110 valence electrons. The fourth-order valence-corrected chi connectivity index (χ4v) is 3.49. The van der Waals surface area contributed by atoms with Crippen LogP contribution in [0.3, 0.4) is 0 Å². The smallest absolute Gasteiger partial charge is 0.0465 e. The Morgan fingerprint density at radius 2 is 1.85 bits per heavy atom. The van der Waals surface area contributed by atoms with Gasteiger partial charge in [0.05, 0.1) is 0 Å². The molecule has 0 amide bonds. The monoisotopic (exact) mass is 312 g/mol. The number of benzene rings is 1. The van der Waals surface area contributed by atoms with E-state index in [9.17, 15) is 0 Å². The lowest BCUT2D eigenvalue weighted by molar-refractivity contribution is 0.137. The van der Waals surface area contributed by atoms with Crippen LogP contribution in [0, 0.1) is 0 Å². The summed E-state index contributed by atoms with van der Waals surface area (Å²) in [7, 11) is 0. The number of halogens is 2. The highest BCUT2D eigenvalue weighted by Gasteiger charge is 2.27. The lowest BCUT2D eigenvalue weighted by Crippen LogP contribution is -2.45. The second kappa shape index (κ2) is 6.65. The highest BCUT2D eigenvalue weighted by molar-refractivity contribution is 6.35. The molecule has 2 fully saturated rings. The summed E-state index contributed by atoms with van der Waals surface area (Å²) in [5.74, 6) is 0. The average molecular weight is 313 g/mol. The summed E-state index contributed by atoms with van der Waals surface area (Å²) in [6.45, 7) is 3.13. The van der Waals surface area contributed by atoms with Gasteiger partial charge in [-0.05, 0) is 44.4 Å². The molecular weight excluding hydrogens is 291 g/mol. The fraction of sp³-hybridized carbons (Fsp3) is 0.625. The van der Waals surface area contributed by atoms with E-state index in [0.717, 1.165) is 41.3 Å². The normalized spacial score (nSPS) is 24.0. The minimum Gasteiger partial charge on any atom is -0.312 e. The second-order valence-corrected chi connectivity index (χ2v) is 6.82. The van der Waals surface area contributed by atoms with E-state index in [1.54, 1.807) is 0 Å². The molecule has 1 heterocycles. The lowest BCUT2D eigenvalue weighted by Gasteiger charge is -2.36. The largest absolute Gasteiger partial charge is 0.312 e. The summed E-state index contributed by atoms with van der Waals surface area (Å²) in [6, 6.07) is 7.18. The number of hydrogen-bond acceptors (Lipinski definition) is 2. The van der Waals surface area contributed by atoms with Gasteiger partial charge in [-0.15, -0.1) is 0 Å². The second-order valence-electron chi connectivity index (χ2n) is 6.00. The molecule has 1 aromatic carbocycles. The molecule has 1 aromatic rings. The van der Waals surface area contributed by atoms with Gasteiger partial charge in [0.15, 0.2) is 0 Å². The Morgan fingerprint density at radius 3 is 2.55 bits per heavy atom. The van der Waals surface area contributed by atoms with E-state index in [-0.39, 0.29) is 0 Å². The predicted octanol–water partition coefficient (Wildman–Crippen LogP) is 4.10. The van der Waals surface area contributed by atoms with E-state index >= 15 is 0 Å². The number of piperidine rings is 1. The van der Waals surface area contributed by atoms with Gasteiger partial charge in [-0.3, -0.25) is 4.90 Å². The van der Waals surface area contributed by atoms with Gasteiger partial charge in [-0.1, -0.05) is 35.7 Å². The zero-order valence-corrected chi connectivity index (χ0v) is 13.3. The van der Waals surface area contributed by atoms with Crippen molar-refractivity contribution in [3.63, 3.8) is 0 Å². The van der Waals surface area contributed by atoms with Crippen LogP contribution in [0.25, 0.3) is 0 Å². The van der Waals surface area contributed by atoms with Crippen molar-refractivity contribution < 1.29 is 0 Å². The molecule has 0 spiro atoms. The molecule has 1 aliphatic carbocycles. The minimum atomic E-state index is 0.622. The zero-order chi connectivity index (χ0) is 13.9. The van der Waals surface area contributed by atoms with E-state index in [1.165, 1.54) is 32.1 Å². The van der Waals surface area contributed by atoms with Gasteiger partial charge in [0.2, 0.25) is 0 Å². The molecule has 3 rings (SSSR count). The molecule has 0 radical (unpaired) electrons. The van der Waals surface area contributed by atoms with Crippen molar-refractivity contribution in [2.45, 2.75) is 50.7 Å². The predicted molar refractivity (Wildman–Crippen MR) is 85.5 cm³/mol. The van der Waals surface area contributed by atoms with Crippen LogP contribution < -0.4 is 5.32 Å². The Kier molecular flexibility index (Phi) is 4.87. The van der Waals surface area contributed by atoms with E-state index in [1.807, 2.05) is 18.2 Å². The van der Waals surface area contributed by atoms with Gasteiger partial charge >= 0.3 is 0 Å². The van der Waals surface area contributed by atoms with Crippen LogP contribution in [0.4, 0.5) is 0 Å². The summed E-state index contributed by atoms with van der Waals surface area (Å²) in [5.41, 5.74) is 1.08. The summed E-state index contributed by atoms with van der Waals surface area (Å²) in [6.07, 6.45) is 6.60. The van der Waals surface area contributed by atoms with Crippen LogP contribution in [0.5, 0.6) is 0 Å². The van der Waals surface area contributed by atoms with Gasteiger partial charge in [-0.25, -0.2) is 0 Å². The highest BCUT2D eigenvalue weighted by Crippen LogP contribution is 2.28. The topological polar surface area (TPSA) is 15.3 Å². The molecule has 1 saturated carbocycles. The van der Waals surface area contributed by atoms with E-state index < -0.39 is 0 Å². The molecule has 2 aliphatic rings. The zero-order valence-electron chi connectivity index (χ0n) is 11.7. The Hall–Kier alpha value is -0.280. The number of likely N-dealkylation sites (tertiary alicyclic amines) is 1. The molecule has 0 bridgehead atoms. The van der Waals surface area contributed by atoms with Gasteiger partial charge in [-0.2, -0.15) is 0 Å². The Bertz CT molecular complexity index is 440. The number of nitrogens with zero attached hydrogens (tertiary/aromatic N) is 1. The summed E-state index contributed by atoms with van der Waals surface area (Å²) < 4.78 is 0. The van der Waals surface area contributed by atoms with Crippen LogP contribution >= 0.6 is 23.2 Å². The lowest BCUT2D eigenvalue weighted by atomic mass is 10.0. The van der Waals surface area contributed by atoms with Crippen molar-refractivity contribution in [3.05, 3.63) is 33.8 Å². The van der Waals surface area contributed by atoms with Gasteiger partial charge < -0.3 is 5.32 Å². The molecule has 0 aromatic heterocycles. The summed E-state index contributed by atoms with van der Waals surface area (Å²) in [4.78, 5) is 2.55. The third-order valence-electron chi connectivity index (χ3n) is 4.39. The molecule has 4 heteroatoms. The molecule has 1 N–H and O–H groups in total. The van der Waals surface area contributed by atoms with Gasteiger partial charge in [0, 0.05) is 40.8 Å². The first-order valence-electron chi connectivity index (χ1n) is 7.64. The van der Waals surface area contributed by atoms with Gasteiger partial charge in [0.1, 0.15) is 0 Å². The molecule has 1 saturated heterocycles. The number of hydrogen-bond donors (Lipinski definition) is 1. The third-order valence-corrected chi connectivity index (χ3v) is 5.10. The van der Waals surface area contributed by atoms with Crippen molar-refractivity contribution >= 4 is 23.2 Å². The average Bonchev–Trinajstić information content (AvgIpc) is 3.26. The van der Waals surface area contributed by atoms with E-state index in [0.29, 0.717) is 6.04 Å². The molecular formula is C16H22Cl2N2. The van der Waals surface area contributed by atoms with Crippen LogP contribution in [-0.4, -0.2) is 30.1 Å². The highest BCUT2D eigenvalue weighted by atomic mass is 35.5. The van der Waals surface area contributed by atoms with Gasteiger partial charge in [0.25, 0.3) is 0 Å². The SMILES string of the molecule is Clc1cccc(Cl)c1CN1CCCCC1CNC1CC1. The Morgan fingerprint density at radius 1 is 1.10 bits per heavy atom. The maximum Gasteiger partial charge on any atom is 0.0465 e. The van der Waals surface area contributed by atoms with E-state index in [2.05, 4.69) is 10.2 Å². The van der Waals surface area contributed by atoms with Crippen molar-refractivity contribution in [3.8, 4) is 0 Å². The van der Waals surface area contributed by atoms with Crippen molar-refractivity contribution in [2.24, 2.45) is 0 Å². The fourth-order valence-electron chi connectivity index (χ4n) is 2.98.